The molecule has 0 radical (unpaired) electrons. The van der Waals surface area contributed by atoms with Gasteiger partial charge in [-0.15, -0.1) is 0 Å². The van der Waals surface area contributed by atoms with Crippen molar-refractivity contribution in [2.75, 3.05) is 13.6 Å². The molecule has 1 aromatic rings. The molecule has 0 spiro atoms. The van der Waals surface area contributed by atoms with Gasteiger partial charge in [0.25, 0.3) is 0 Å². The summed E-state index contributed by atoms with van der Waals surface area (Å²) in [4.78, 5) is 0.130. The van der Waals surface area contributed by atoms with Gasteiger partial charge in [-0.05, 0) is 32.6 Å². The van der Waals surface area contributed by atoms with Crippen LogP contribution in [-0.4, -0.2) is 31.4 Å². The quantitative estimate of drug-likeness (QED) is 0.880. The molecule has 18 heavy (non-hydrogen) atoms. The minimum Gasteiger partial charge on any atom is -0.465 e. The van der Waals surface area contributed by atoms with E-state index in [0.717, 1.165) is 12.8 Å². The summed E-state index contributed by atoms with van der Waals surface area (Å²) in [6.07, 6.45) is 2.19. The van der Waals surface area contributed by atoms with Gasteiger partial charge in [-0.1, -0.05) is 0 Å². The minimum absolute atomic E-state index is 0.130. The fourth-order valence-corrected chi connectivity index (χ4v) is 3.79. The normalized spacial score (nSPS) is 16.5. The van der Waals surface area contributed by atoms with Gasteiger partial charge in [-0.2, -0.15) is 0 Å². The van der Waals surface area contributed by atoms with Crippen molar-refractivity contribution in [2.24, 2.45) is 5.92 Å². The maximum atomic E-state index is 12.5. The van der Waals surface area contributed by atoms with Crippen LogP contribution >= 0.6 is 0 Å². The van der Waals surface area contributed by atoms with Crippen molar-refractivity contribution in [1.29, 1.82) is 0 Å². The van der Waals surface area contributed by atoms with Crippen LogP contribution in [0.15, 0.2) is 9.31 Å². The first-order chi connectivity index (χ1) is 8.37. The molecule has 1 aromatic heterocycles. The lowest BCUT2D eigenvalue weighted by atomic mass is 10.2. The molecule has 6 heteroatoms. The number of rotatable bonds is 5. The summed E-state index contributed by atoms with van der Waals surface area (Å²) >= 11 is 0. The molecule has 102 valence electrons. The number of sulfonamides is 1. The van der Waals surface area contributed by atoms with E-state index in [9.17, 15) is 13.5 Å². The Morgan fingerprint density at radius 2 is 1.94 bits per heavy atom. The third kappa shape index (κ3) is 2.32. The Bertz CT molecular complexity index is 543. The van der Waals surface area contributed by atoms with E-state index in [1.165, 1.54) is 4.31 Å². The largest absolute Gasteiger partial charge is 0.465 e. The molecule has 0 unspecified atom stereocenters. The molecule has 1 aliphatic carbocycles. The lowest BCUT2D eigenvalue weighted by Crippen LogP contribution is -2.29. The van der Waals surface area contributed by atoms with Crippen LogP contribution in [0.5, 0.6) is 0 Å². The third-order valence-corrected chi connectivity index (χ3v) is 5.38. The van der Waals surface area contributed by atoms with E-state index >= 15 is 0 Å². The molecule has 2 rings (SSSR count). The van der Waals surface area contributed by atoms with Crippen molar-refractivity contribution >= 4 is 10.0 Å². The van der Waals surface area contributed by atoms with Gasteiger partial charge < -0.3 is 9.52 Å². The van der Waals surface area contributed by atoms with Gasteiger partial charge in [0.2, 0.25) is 10.0 Å². The highest BCUT2D eigenvalue weighted by Gasteiger charge is 2.33. The van der Waals surface area contributed by atoms with Crippen molar-refractivity contribution in [3.8, 4) is 0 Å². The lowest BCUT2D eigenvalue weighted by molar-refractivity contribution is 0.276. The van der Waals surface area contributed by atoms with Crippen molar-refractivity contribution in [3.05, 3.63) is 17.1 Å². The molecule has 1 saturated carbocycles. The highest BCUT2D eigenvalue weighted by molar-refractivity contribution is 7.89. The highest BCUT2D eigenvalue weighted by Crippen LogP contribution is 2.33. The molecule has 1 heterocycles. The smallest absolute Gasteiger partial charge is 0.246 e. The Balaban J connectivity index is 2.39. The zero-order valence-corrected chi connectivity index (χ0v) is 11.7. The summed E-state index contributed by atoms with van der Waals surface area (Å²) in [6.45, 7) is 3.49. The number of aliphatic hydroxyl groups is 1. The van der Waals surface area contributed by atoms with Crippen molar-refractivity contribution in [2.45, 2.75) is 38.2 Å². The van der Waals surface area contributed by atoms with Gasteiger partial charge in [-0.3, -0.25) is 0 Å². The van der Waals surface area contributed by atoms with Crippen LogP contribution in [0.2, 0.25) is 0 Å². The van der Waals surface area contributed by atoms with Crippen LogP contribution in [0.25, 0.3) is 0 Å². The fraction of sp³-hybridized carbons (Fsp3) is 0.667. The number of hydrogen-bond donors (Lipinski definition) is 1. The zero-order valence-electron chi connectivity index (χ0n) is 10.9. The Labute approximate surface area is 107 Å². The molecule has 0 amide bonds. The molecule has 0 aromatic carbocycles. The van der Waals surface area contributed by atoms with Crippen LogP contribution in [0, 0.1) is 19.8 Å². The maximum Gasteiger partial charge on any atom is 0.246 e. The van der Waals surface area contributed by atoms with Crippen molar-refractivity contribution in [3.63, 3.8) is 0 Å². The van der Waals surface area contributed by atoms with Gasteiger partial charge in [0.05, 0.1) is 6.61 Å². The standard InChI is InChI=1S/C12H19NO4S/c1-8-11(7-14)12(9(2)17-8)18(15,16)13(3)6-10-4-5-10/h10,14H,4-7H2,1-3H3. The number of furan rings is 1. The predicted molar refractivity (Wildman–Crippen MR) is 66.6 cm³/mol. The molecule has 0 bridgehead atoms. The Hall–Kier alpha value is -0.850. The van der Waals surface area contributed by atoms with E-state index < -0.39 is 10.0 Å². The average Bonchev–Trinajstić information content (AvgIpc) is 3.03. The van der Waals surface area contributed by atoms with E-state index in [0.29, 0.717) is 29.5 Å². The van der Waals surface area contributed by atoms with Crippen molar-refractivity contribution in [1.82, 2.24) is 4.31 Å². The second-order valence-electron chi connectivity index (χ2n) is 4.91. The molecule has 5 nitrogen and oxygen atoms in total. The van der Waals surface area contributed by atoms with E-state index in [-0.39, 0.29) is 11.5 Å². The van der Waals surface area contributed by atoms with Crippen LogP contribution in [0.1, 0.15) is 29.9 Å². The van der Waals surface area contributed by atoms with Crippen LogP contribution in [0.3, 0.4) is 0 Å². The first-order valence-electron chi connectivity index (χ1n) is 6.04. The van der Waals surface area contributed by atoms with Gasteiger partial charge in [-0.25, -0.2) is 12.7 Å². The zero-order chi connectivity index (χ0) is 13.5. The van der Waals surface area contributed by atoms with Crippen LogP contribution in [-0.2, 0) is 16.6 Å². The average molecular weight is 273 g/mol. The number of hydrogen-bond acceptors (Lipinski definition) is 4. The predicted octanol–water partition coefficient (Wildman–Crippen LogP) is 1.42. The maximum absolute atomic E-state index is 12.5. The number of aliphatic hydroxyl groups excluding tert-OH is 1. The second kappa shape index (κ2) is 4.68. The van der Waals surface area contributed by atoms with Gasteiger partial charge in [0.1, 0.15) is 16.4 Å². The molecule has 0 atom stereocenters. The van der Waals surface area contributed by atoms with Crippen LogP contribution < -0.4 is 0 Å². The Morgan fingerprint density at radius 1 is 1.33 bits per heavy atom. The highest BCUT2D eigenvalue weighted by atomic mass is 32.2. The number of nitrogens with zero attached hydrogens (tertiary/aromatic N) is 1. The minimum atomic E-state index is -3.57. The van der Waals surface area contributed by atoms with E-state index in [2.05, 4.69) is 0 Å². The molecule has 1 aliphatic rings. The number of aryl methyl sites for hydroxylation is 2. The van der Waals surface area contributed by atoms with Gasteiger partial charge in [0, 0.05) is 19.2 Å². The van der Waals surface area contributed by atoms with Gasteiger partial charge in [0.15, 0.2) is 0 Å². The summed E-state index contributed by atoms with van der Waals surface area (Å²) in [7, 11) is -1.99. The first kappa shape index (κ1) is 13.6. The summed E-state index contributed by atoms with van der Waals surface area (Å²) in [6, 6.07) is 0. The fourth-order valence-electron chi connectivity index (χ4n) is 2.15. The first-order valence-corrected chi connectivity index (χ1v) is 7.48. The summed E-state index contributed by atoms with van der Waals surface area (Å²) < 4.78 is 31.6. The molecular formula is C12H19NO4S. The molecule has 1 N–H and O–H groups in total. The van der Waals surface area contributed by atoms with E-state index in [1.807, 2.05) is 0 Å². The third-order valence-electron chi connectivity index (χ3n) is 3.36. The molecule has 0 aliphatic heterocycles. The van der Waals surface area contributed by atoms with Crippen LogP contribution in [0.4, 0.5) is 0 Å². The summed E-state index contributed by atoms with van der Waals surface area (Å²) in [5.41, 5.74) is 0.371. The molecular weight excluding hydrogens is 254 g/mol. The summed E-state index contributed by atoms with van der Waals surface area (Å²) in [5, 5.41) is 9.31. The Kier molecular flexibility index (Phi) is 3.53. The van der Waals surface area contributed by atoms with E-state index in [1.54, 1.807) is 20.9 Å². The van der Waals surface area contributed by atoms with E-state index in [4.69, 9.17) is 4.42 Å². The molecule has 1 fully saturated rings. The Morgan fingerprint density at radius 3 is 2.44 bits per heavy atom. The summed E-state index contributed by atoms with van der Waals surface area (Å²) in [5.74, 6) is 1.29. The lowest BCUT2D eigenvalue weighted by Gasteiger charge is -2.17. The molecule has 0 saturated heterocycles. The SMILES string of the molecule is Cc1oc(C)c(S(=O)(=O)N(C)CC2CC2)c1CO. The van der Waals surface area contributed by atoms with Crippen molar-refractivity contribution < 1.29 is 17.9 Å². The second-order valence-corrected chi connectivity index (χ2v) is 6.89. The monoisotopic (exact) mass is 273 g/mol. The van der Waals surface area contributed by atoms with Gasteiger partial charge >= 0.3 is 0 Å². The topological polar surface area (TPSA) is 70.8 Å².